The van der Waals surface area contributed by atoms with Crippen molar-refractivity contribution in [2.24, 2.45) is 0 Å². The Kier molecular flexibility index (Phi) is 4.47. The van der Waals surface area contributed by atoms with E-state index in [2.05, 4.69) is 47.5 Å². The first-order chi connectivity index (χ1) is 13.2. The zero-order chi connectivity index (χ0) is 18.6. The Morgan fingerprint density at radius 2 is 1.26 bits per heavy atom. The van der Waals surface area contributed by atoms with Crippen molar-refractivity contribution in [2.75, 3.05) is 0 Å². The lowest BCUT2D eigenvalue weighted by molar-refractivity contribution is 1.11. The van der Waals surface area contributed by atoms with E-state index in [0.29, 0.717) is 11.4 Å². The van der Waals surface area contributed by atoms with E-state index < -0.39 is 0 Å². The topological polar surface area (TPSA) is 49.6 Å². The molecule has 1 heterocycles. The SMILES string of the molecule is Cc1cc(-c2ccc(-c3ccccc3)cc2)nc(-c2ccc(C#N)cc2)n1. The van der Waals surface area contributed by atoms with Crippen LogP contribution in [-0.4, -0.2) is 9.97 Å². The number of aromatic nitrogens is 2. The zero-order valence-corrected chi connectivity index (χ0v) is 14.9. The molecule has 4 aromatic rings. The monoisotopic (exact) mass is 347 g/mol. The lowest BCUT2D eigenvalue weighted by Crippen LogP contribution is -1.95. The molecule has 27 heavy (non-hydrogen) atoms. The minimum Gasteiger partial charge on any atom is -0.233 e. The summed E-state index contributed by atoms with van der Waals surface area (Å²) in [6.45, 7) is 1.97. The van der Waals surface area contributed by atoms with Gasteiger partial charge in [0, 0.05) is 16.8 Å². The Morgan fingerprint density at radius 3 is 1.93 bits per heavy atom. The average molecular weight is 347 g/mol. The highest BCUT2D eigenvalue weighted by Crippen LogP contribution is 2.26. The predicted molar refractivity (Wildman–Crippen MR) is 108 cm³/mol. The molecule has 0 aliphatic heterocycles. The van der Waals surface area contributed by atoms with E-state index in [1.54, 1.807) is 12.1 Å². The van der Waals surface area contributed by atoms with Crippen LogP contribution in [0.5, 0.6) is 0 Å². The van der Waals surface area contributed by atoms with E-state index in [9.17, 15) is 0 Å². The molecule has 0 aliphatic carbocycles. The van der Waals surface area contributed by atoms with E-state index in [4.69, 9.17) is 10.2 Å². The minimum atomic E-state index is 0.628. The molecule has 0 fully saturated rings. The zero-order valence-electron chi connectivity index (χ0n) is 14.9. The average Bonchev–Trinajstić information content (AvgIpc) is 2.74. The number of benzene rings is 3. The van der Waals surface area contributed by atoms with Gasteiger partial charge in [0.2, 0.25) is 0 Å². The predicted octanol–water partition coefficient (Wildman–Crippen LogP) is 5.66. The second kappa shape index (κ2) is 7.23. The van der Waals surface area contributed by atoms with Crippen LogP contribution in [0, 0.1) is 18.3 Å². The van der Waals surface area contributed by atoms with Crippen molar-refractivity contribution in [2.45, 2.75) is 6.92 Å². The summed E-state index contributed by atoms with van der Waals surface area (Å²) < 4.78 is 0. The van der Waals surface area contributed by atoms with Crippen LogP contribution in [0.4, 0.5) is 0 Å². The molecule has 0 saturated heterocycles. The van der Waals surface area contributed by atoms with Crippen LogP contribution in [0.3, 0.4) is 0 Å². The van der Waals surface area contributed by atoms with Crippen molar-refractivity contribution < 1.29 is 0 Å². The van der Waals surface area contributed by atoms with Crippen molar-refractivity contribution in [3.63, 3.8) is 0 Å². The summed E-state index contributed by atoms with van der Waals surface area (Å²) in [6.07, 6.45) is 0. The number of aryl methyl sites for hydroxylation is 1. The Balaban J connectivity index is 1.69. The highest BCUT2D eigenvalue weighted by Gasteiger charge is 2.08. The van der Waals surface area contributed by atoms with E-state index in [-0.39, 0.29) is 0 Å². The molecule has 3 nitrogen and oxygen atoms in total. The molecule has 0 radical (unpaired) electrons. The van der Waals surface area contributed by atoms with Crippen LogP contribution >= 0.6 is 0 Å². The van der Waals surface area contributed by atoms with Crippen LogP contribution in [0.2, 0.25) is 0 Å². The third-order valence-electron chi connectivity index (χ3n) is 4.41. The van der Waals surface area contributed by atoms with Gasteiger partial charge in [-0.05, 0) is 48.4 Å². The number of nitriles is 1. The van der Waals surface area contributed by atoms with Crippen LogP contribution in [-0.2, 0) is 0 Å². The molecule has 0 atom stereocenters. The molecular formula is C24H17N3. The summed E-state index contributed by atoms with van der Waals surface area (Å²) in [6, 6.07) is 30.2. The molecule has 0 bridgehead atoms. The number of rotatable bonds is 3. The fourth-order valence-corrected chi connectivity index (χ4v) is 3.00. The van der Waals surface area contributed by atoms with Gasteiger partial charge in [0.05, 0.1) is 17.3 Å². The minimum absolute atomic E-state index is 0.628. The summed E-state index contributed by atoms with van der Waals surface area (Å²) >= 11 is 0. The summed E-state index contributed by atoms with van der Waals surface area (Å²) in [5.74, 6) is 0.668. The fraction of sp³-hybridized carbons (Fsp3) is 0.0417. The molecule has 0 N–H and O–H groups in total. The van der Waals surface area contributed by atoms with Gasteiger partial charge < -0.3 is 0 Å². The van der Waals surface area contributed by atoms with Crippen molar-refractivity contribution in [1.82, 2.24) is 9.97 Å². The molecule has 3 aromatic carbocycles. The Labute approximate surface area is 158 Å². The number of hydrogen-bond donors (Lipinski definition) is 0. The lowest BCUT2D eigenvalue weighted by Gasteiger charge is -2.08. The van der Waals surface area contributed by atoms with Crippen LogP contribution < -0.4 is 0 Å². The maximum atomic E-state index is 8.96. The van der Waals surface area contributed by atoms with Crippen LogP contribution in [0.15, 0.2) is 84.9 Å². The quantitative estimate of drug-likeness (QED) is 0.480. The summed E-state index contributed by atoms with van der Waals surface area (Å²) in [5.41, 5.74) is 6.75. The molecular weight excluding hydrogens is 330 g/mol. The summed E-state index contributed by atoms with van der Waals surface area (Å²) in [7, 11) is 0. The molecule has 0 unspecified atom stereocenters. The van der Waals surface area contributed by atoms with Gasteiger partial charge in [-0.2, -0.15) is 5.26 Å². The van der Waals surface area contributed by atoms with Crippen LogP contribution in [0.25, 0.3) is 33.8 Å². The Hall–Kier alpha value is -3.77. The van der Waals surface area contributed by atoms with Gasteiger partial charge in [-0.15, -0.1) is 0 Å². The normalized spacial score (nSPS) is 10.4. The maximum absolute atomic E-state index is 8.96. The summed E-state index contributed by atoms with van der Waals surface area (Å²) in [5, 5.41) is 8.96. The van der Waals surface area contributed by atoms with E-state index in [0.717, 1.165) is 22.5 Å². The first-order valence-corrected chi connectivity index (χ1v) is 8.75. The molecule has 3 heteroatoms. The smallest absolute Gasteiger partial charge is 0.160 e. The van der Waals surface area contributed by atoms with Gasteiger partial charge in [0.1, 0.15) is 0 Å². The molecule has 0 spiro atoms. The standard InChI is InChI=1S/C24H17N3/c1-17-15-23(27-24(26-17)22-9-7-18(16-25)8-10-22)21-13-11-20(12-14-21)19-5-3-2-4-6-19/h2-15H,1H3. The Morgan fingerprint density at radius 1 is 0.667 bits per heavy atom. The fourth-order valence-electron chi connectivity index (χ4n) is 3.00. The van der Waals surface area contributed by atoms with Crippen molar-refractivity contribution in [3.8, 4) is 39.8 Å². The molecule has 128 valence electrons. The van der Waals surface area contributed by atoms with E-state index >= 15 is 0 Å². The highest BCUT2D eigenvalue weighted by molar-refractivity contribution is 5.70. The van der Waals surface area contributed by atoms with Gasteiger partial charge in [-0.1, -0.05) is 54.6 Å². The second-order valence-electron chi connectivity index (χ2n) is 6.35. The van der Waals surface area contributed by atoms with Gasteiger partial charge in [0.25, 0.3) is 0 Å². The molecule has 0 aliphatic rings. The number of hydrogen-bond acceptors (Lipinski definition) is 3. The van der Waals surface area contributed by atoms with Crippen molar-refractivity contribution >= 4 is 0 Å². The van der Waals surface area contributed by atoms with Crippen LogP contribution in [0.1, 0.15) is 11.3 Å². The third-order valence-corrected chi connectivity index (χ3v) is 4.41. The first-order valence-electron chi connectivity index (χ1n) is 8.75. The van der Waals surface area contributed by atoms with E-state index in [1.807, 2.05) is 43.3 Å². The largest absolute Gasteiger partial charge is 0.233 e. The third kappa shape index (κ3) is 3.61. The van der Waals surface area contributed by atoms with Gasteiger partial charge in [0.15, 0.2) is 5.82 Å². The molecule has 0 amide bonds. The molecule has 1 aromatic heterocycles. The van der Waals surface area contributed by atoms with Crippen molar-refractivity contribution in [1.29, 1.82) is 5.26 Å². The summed E-state index contributed by atoms with van der Waals surface area (Å²) in [4.78, 5) is 9.29. The Bertz CT molecular complexity index is 1110. The lowest BCUT2D eigenvalue weighted by atomic mass is 10.0. The van der Waals surface area contributed by atoms with Gasteiger partial charge in [-0.25, -0.2) is 9.97 Å². The maximum Gasteiger partial charge on any atom is 0.160 e. The van der Waals surface area contributed by atoms with Gasteiger partial charge >= 0.3 is 0 Å². The highest BCUT2D eigenvalue weighted by atomic mass is 14.9. The number of nitrogens with zero attached hydrogens (tertiary/aromatic N) is 3. The molecule has 4 rings (SSSR count). The van der Waals surface area contributed by atoms with Crippen molar-refractivity contribution in [3.05, 3.63) is 96.2 Å². The van der Waals surface area contributed by atoms with Gasteiger partial charge in [-0.3, -0.25) is 0 Å². The second-order valence-corrected chi connectivity index (χ2v) is 6.35. The molecule has 0 saturated carbocycles. The first kappa shape index (κ1) is 16.7. The van der Waals surface area contributed by atoms with E-state index in [1.165, 1.54) is 11.1 Å².